The standard InChI is InChI=1S/C11H26NO5P/c1-4-15-11(16-5-2)8-7-9-12-10-18(13,14)17-6-3/h11-12H,4-10H2,1-3H3,(H,13,14). The first kappa shape index (κ1) is 18.0. The highest BCUT2D eigenvalue weighted by Gasteiger charge is 2.11. The predicted octanol–water partition coefficient (Wildman–Crippen LogP) is 0.277. The van der Waals surface area contributed by atoms with Gasteiger partial charge in [-0.25, -0.2) is 0 Å². The van der Waals surface area contributed by atoms with Crippen molar-refractivity contribution in [1.29, 1.82) is 0 Å². The maximum atomic E-state index is 11.3. The van der Waals surface area contributed by atoms with E-state index in [2.05, 4.69) is 4.52 Å². The smallest absolute Gasteiger partial charge is 0.189 e. The van der Waals surface area contributed by atoms with Crippen LogP contribution >= 0.6 is 7.60 Å². The van der Waals surface area contributed by atoms with E-state index in [4.69, 9.17) is 9.47 Å². The van der Waals surface area contributed by atoms with Gasteiger partial charge in [-0.1, -0.05) is 0 Å². The van der Waals surface area contributed by atoms with E-state index in [-0.39, 0.29) is 19.2 Å². The van der Waals surface area contributed by atoms with Crippen LogP contribution in [0, 0.1) is 0 Å². The minimum atomic E-state index is -3.65. The molecule has 0 fully saturated rings. The number of quaternary nitrogens is 1. The van der Waals surface area contributed by atoms with Gasteiger partial charge in [0.15, 0.2) is 13.9 Å². The highest BCUT2D eigenvalue weighted by molar-refractivity contribution is 7.51. The fraction of sp³-hybridized carbons (Fsp3) is 1.00. The molecular formula is C11H26NO5P. The molecule has 110 valence electrons. The molecule has 0 heterocycles. The molecule has 0 aliphatic rings. The molecule has 0 saturated heterocycles. The Hall–Kier alpha value is 0.0300. The van der Waals surface area contributed by atoms with Gasteiger partial charge in [-0.15, -0.1) is 0 Å². The zero-order valence-electron chi connectivity index (χ0n) is 11.6. The van der Waals surface area contributed by atoms with E-state index in [1.165, 1.54) is 0 Å². The second-order valence-corrected chi connectivity index (χ2v) is 5.62. The Kier molecular flexibility index (Phi) is 10.9. The summed E-state index contributed by atoms with van der Waals surface area (Å²) >= 11 is 0. The topological polar surface area (TPSA) is 84.4 Å². The third kappa shape index (κ3) is 10.00. The average Bonchev–Trinajstić information content (AvgIpc) is 2.28. The molecule has 1 atom stereocenters. The molecule has 0 rings (SSSR count). The first-order chi connectivity index (χ1) is 8.55. The Morgan fingerprint density at radius 1 is 1.17 bits per heavy atom. The third-order valence-corrected chi connectivity index (χ3v) is 3.59. The van der Waals surface area contributed by atoms with Gasteiger partial charge < -0.3 is 28.8 Å². The fourth-order valence-electron chi connectivity index (χ4n) is 1.51. The van der Waals surface area contributed by atoms with Crippen molar-refractivity contribution in [3.05, 3.63) is 0 Å². The Morgan fingerprint density at radius 2 is 1.78 bits per heavy atom. The summed E-state index contributed by atoms with van der Waals surface area (Å²) < 4.78 is 26.7. The molecule has 0 amide bonds. The molecule has 0 spiro atoms. The molecule has 0 aliphatic heterocycles. The van der Waals surface area contributed by atoms with Crippen LogP contribution in [0.25, 0.3) is 0 Å². The van der Waals surface area contributed by atoms with Crippen molar-refractivity contribution < 1.29 is 28.8 Å². The van der Waals surface area contributed by atoms with Gasteiger partial charge in [-0.05, 0) is 20.8 Å². The summed E-state index contributed by atoms with van der Waals surface area (Å²) in [5.41, 5.74) is 0. The highest BCUT2D eigenvalue weighted by atomic mass is 31.2. The maximum absolute atomic E-state index is 11.3. The van der Waals surface area contributed by atoms with E-state index in [1.807, 2.05) is 13.8 Å². The lowest BCUT2D eigenvalue weighted by Crippen LogP contribution is -2.84. The van der Waals surface area contributed by atoms with Crippen molar-refractivity contribution >= 4 is 7.60 Å². The molecule has 18 heavy (non-hydrogen) atoms. The summed E-state index contributed by atoms with van der Waals surface area (Å²) in [6.07, 6.45) is 1.43. The molecule has 0 bridgehead atoms. The average molecular weight is 283 g/mol. The normalized spacial score (nSPS) is 14.9. The molecule has 2 N–H and O–H groups in total. The SMILES string of the molecule is CCOC(CCC[NH2+]CP(=O)([O-])OCC)OCC. The summed E-state index contributed by atoms with van der Waals surface area (Å²) in [5, 5.41) is 1.73. The van der Waals surface area contributed by atoms with E-state index in [0.717, 1.165) is 19.4 Å². The van der Waals surface area contributed by atoms with Crippen LogP contribution in [0.4, 0.5) is 0 Å². The molecule has 7 heteroatoms. The lowest BCUT2D eigenvalue weighted by Gasteiger charge is -2.20. The Morgan fingerprint density at radius 3 is 2.28 bits per heavy atom. The minimum Gasteiger partial charge on any atom is -0.774 e. The summed E-state index contributed by atoms with van der Waals surface area (Å²) in [6, 6.07) is 0. The second kappa shape index (κ2) is 10.9. The van der Waals surface area contributed by atoms with Gasteiger partial charge in [0.2, 0.25) is 0 Å². The van der Waals surface area contributed by atoms with Crippen LogP contribution in [0.3, 0.4) is 0 Å². The van der Waals surface area contributed by atoms with Crippen LogP contribution < -0.4 is 10.2 Å². The first-order valence-electron chi connectivity index (χ1n) is 6.55. The Labute approximate surface area is 110 Å². The fourth-order valence-corrected chi connectivity index (χ4v) is 2.51. The largest absolute Gasteiger partial charge is 0.774 e. The van der Waals surface area contributed by atoms with Gasteiger partial charge in [-0.3, -0.25) is 0 Å². The summed E-state index contributed by atoms with van der Waals surface area (Å²) in [4.78, 5) is 11.3. The van der Waals surface area contributed by atoms with Crippen LogP contribution in [0.5, 0.6) is 0 Å². The van der Waals surface area contributed by atoms with Crippen molar-refractivity contribution in [2.24, 2.45) is 0 Å². The van der Waals surface area contributed by atoms with Crippen LogP contribution in [-0.4, -0.2) is 38.9 Å². The number of hydrogen-bond acceptors (Lipinski definition) is 5. The quantitative estimate of drug-likeness (QED) is 0.316. The van der Waals surface area contributed by atoms with Crippen LogP contribution in [0.2, 0.25) is 0 Å². The molecular weight excluding hydrogens is 257 g/mol. The molecule has 0 aromatic carbocycles. The van der Waals surface area contributed by atoms with Gasteiger partial charge in [-0.2, -0.15) is 0 Å². The van der Waals surface area contributed by atoms with Crippen LogP contribution in [-0.2, 0) is 18.6 Å². The van der Waals surface area contributed by atoms with E-state index in [1.54, 1.807) is 12.2 Å². The molecule has 1 unspecified atom stereocenters. The van der Waals surface area contributed by atoms with E-state index < -0.39 is 7.60 Å². The van der Waals surface area contributed by atoms with Crippen molar-refractivity contribution in [2.75, 3.05) is 32.7 Å². The number of hydrogen-bond donors (Lipinski definition) is 1. The predicted molar refractivity (Wildman–Crippen MR) is 67.2 cm³/mol. The maximum Gasteiger partial charge on any atom is 0.189 e. The highest BCUT2D eigenvalue weighted by Crippen LogP contribution is 2.32. The zero-order chi connectivity index (χ0) is 13.9. The minimum absolute atomic E-state index is 0.00518. The third-order valence-electron chi connectivity index (χ3n) is 2.23. The molecule has 0 aromatic rings. The lowest BCUT2D eigenvalue weighted by atomic mass is 10.3. The van der Waals surface area contributed by atoms with Gasteiger partial charge in [0.1, 0.15) is 6.29 Å². The Bertz CT molecular complexity index is 233. The van der Waals surface area contributed by atoms with Gasteiger partial charge in [0, 0.05) is 26.1 Å². The first-order valence-corrected chi connectivity index (χ1v) is 8.28. The summed E-state index contributed by atoms with van der Waals surface area (Å²) in [6.45, 7) is 7.67. The molecule has 0 aliphatic carbocycles. The van der Waals surface area contributed by atoms with E-state index in [9.17, 15) is 9.46 Å². The lowest BCUT2D eigenvalue weighted by molar-refractivity contribution is -0.643. The van der Waals surface area contributed by atoms with E-state index >= 15 is 0 Å². The summed E-state index contributed by atoms with van der Waals surface area (Å²) in [5.74, 6) is 0. The van der Waals surface area contributed by atoms with Crippen molar-refractivity contribution in [3.63, 3.8) is 0 Å². The molecule has 0 saturated carbocycles. The molecule has 0 radical (unpaired) electrons. The Balaban J connectivity index is 3.62. The number of rotatable bonds is 12. The monoisotopic (exact) mass is 283 g/mol. The van der Waals surface area contributed by atoms with E-state index in [0.29, 0.717) is 13.2 Å². The van der Waals surface area contributed by atoms with Crippen molar-refractivity contribution in [3.8, 4) is 0 Å². The van der Waals surface area contributed by atoms with Crippen molar-refractivity contribution in [1.82, 2.24) is 0 Å². The number of nitrogens with two attached hydrogens (primary N) is 1. The number of ether oxygens (including phenoxy) is 2. The van der Waals surface area contributed by atoms with Crippen molar-refractivity contribution in [2.45, 2.75) is 39.9 Å². The van der Waals surface area contributed by atoms with Gasteiger partial charge in [0.05, 0.1) is 13.2 Å². The second-order valence-electron chi connectivity index (χ2n) is 3.77. The van der Waals surface area contributed by atoms with Crippen LogP contribution in [0.15, 0.2) is 0 Å². The molecule has 6 nitrogen and oxygen atoms in total. The van der Waals surface area contributed by atoms with Crippen LogP contribution in [0.1, 0.15) is 33.6 Å². The van der Waals surface area contributed by atoms with Gasteiger partial charge in [0.25, 0.3) is 0 Å². The molecule has 0 aromatic heterocycles. The zero-order valence-corrected chi connectivity index (χ0v) is 12.5. The van der Waals surface area contributed by atoms with Gasteiger partial charge >= 0.3 is 0 Å². The summed E-state index contributed by atoms with van der Waals surface area (Å²) in [7, 11) is -3.65.